The molecule has 1 unspecified atom stereocenters. The van der Waals surface area contributed by atoms with Crippen molar-refractivity contribution in [2.45, 2.75) is 26.0 Å². The van der Waals surface area contributed by atoms with Gasteiger partial charge in [0, 0.05) is 19.5 Å². The molecular formula is C27H25N3O6. The molecule has 0 fully saturated rings. The minimum atomic E-state index is -0.628. The molecule has 5 rings (SSSR count). The normalized spacial score (nSPS) is 15.6. The number of amides is 3. The number of rotatable bonds is 7. The van der Waals surface area contributed by atoms with Crippen molar-refractivity contribution in [3.63, 3.8) is 0 Å². The number of fused-ring (bicyclic) bond motifs is 2. The van der Waals surface area contributed by atoms with Gasteiger partial charge in [-0.1, -0.05) is 30.3 Å². The van der Waals surface area contributed by atoms with Gasteiger partial charge in [-0.25, -0.2) is 0 Å². The highest BCUT2D eigenvalue weighted by molar-refractivity contribution is 6.04. The average molecular weight is 488 g/mol. The number of hydrogen-bond donors (Lipinski definition) is 2. The van der Waals surface area contributed by atoms with E-state index in [0.717, 1.165) is 5.56 Å². The van der Waals surface area contributed by atoms with E-state index in [0.29, 0.717) is 34.2 Å². The minimum Gasteiger partial charge on any atom is -0.479 e. The lowest BCUT2D eigenvalue weighted by atomic mass is 10.1. The Balaban J connectivity index is 1.21. The number of ether oxygens (including phenoxy) is 3. The molecule has 2 aliphatic heterocycles. The molecule has 0 radical (unpaired) electrons. The van der Waals surface area contributed by atoms with Crippen LogP contribution in [0, 0.1) is 0 Å². The van der Waals surface area contributed by atoms with Crippen molar-refractivity contribution in [3.05, 3.63) is 77.9 Å². The van der Waals surface area contributed by atoms with Gasteiger partial charge in [0.2, 0.25) is 12.7 Å². The van der Waals surface area contributed by atoms with Gasteiger partial charge in [0.1, 0.15) is 5.75 Å². The van der Waals surface area contributed by atoms with Crippen molar-refractivity contribution in [1.82, 2.24) is 5.32 Å². The first kappa shape index (κ1) is 23.2. The minimum absolute atomic E-state index is 0.0555. The molecule has 2 N–H and O–H groups in total. The van der Waals surface area contributed by atoms with Crippen LogP contribution in [-0.2, 0) is 16.1 Å². The van der Waals surface area contributed by atoms with E-state index in [9.17, 15) is 14.4 Å². The molecule has 0 saturated carbocycles. The lowest BCUT2D eigenvalue weighted by Crippen LogP contribution is -2.45. The SMILES string of the molecule is CC1Oc2ccccc2N(CCC(=O)Nc2ccccc2C(=O)NCc2ccc3c(c2)OCO3)C1=O. The van der Waals surface area contributed by atoms with Crippen molar-refractivity contribution in [2.24, 2.45) is 0 Å². The lowest BCUT2D eigenvalue weighted by molar-refractivity contribution is -0.125. The summed E-state index contributed by atoms with van der Waals surface area (Å²) < 4.78 is 16.3. The Kier molecular flexibility index (Phi) is 6.44. The highest BCUT2D eigenvalue weighted by Crippen LogP contribution is 2.34. The highest BCUT2D eigenvalue weighted by atomic mass is 16.7. The second-order valence-corrected chi connectivity index (χ2v) is 8.43. The summed E-state index contributed by atoms with van der Waals surface area (Å²) in [4.78, 5) is 39.9. The Morgan fingerprint density at radius 2 is 1.75 bits per heavy atom. The number of nitrogens with zero attached hydrogens (tertiary/aromatic N) is 1. The van der Waals surface area contributed by atoms with Crippen molar-refractivity contribution >= 4 is 29.1 Å². The van der Waals surface area contributed by atoms with Crippen LogP contribution in [0.5, 0.6) is 17.2 Å². The van der Waals surface area contributed by atoms with E-state index in [1.54, 1.807) is 54.3 Å². The summed E-state index contributed by atoms with van der Waals surface area (Å²) in [5.41, 5.74) is 2.23. The first-order chi connectivity index (χ1) is 17.5. The molecule has 3 amide bonds. The summed E-state index contributed by atoms with van der Waals surface area (Å²) in [7, 11) is 0. The van der Waals surface area contributed by atoms with Crippen LogP contribution in [0.15, 0.2) is 66.7 Å². The molecule has 0 spiro atoms. The largest absolute Gasteiger partial charge is 0.479 e. The third-order valence-corrected chi connectivity index (χ3v) is 5.97. The van der Waals surface area contributed by atoms with Gasteiger partial charge in [-0.05, 0) is 48.9 Å². The fraction of sp³-hybridized carbons (Fsp3) is 0.222. The molecule has 2 aliphatic rings. The van der Waals surface area contributed by atoms with Crippen molar-refractivity contribution in [1.29, 1.82) is 0 Å². The Morgan fingerprint density at radius 1 is 0.972 bits per heavy atom. The van der Waals surface area contributed by atoms with Gasteiger partial charge < -0.3 is 29.7 Å². The molecule has 2 heterocycles. The molecule has 3 aromatic carbocycles. The van der Waals surface area contributed by atoms with Gasteiger partial charge in [-0.2, -0.15) is 0 Å². The highest BCUT2D eigenvalue weighted by Gasteiger charge is 2.31. The fourth-order valence-corrected chi connectivity index (χ4v) is 4.13. The molecule has 3 aromatic rings. The van der Waals surface area contributed by atoms with Crippen LogP contribution in [0.4, 0.5) is 11.4 Å². The Bertz CT molecular complexity index is 1320. The van der Waals surface area contributed by atoms with Crippen LogP contribution >= 0.6 is 0 Å². The number of hydrogen-bond acceptors (Lipinski definition) is 6. The molecule has 9 heteroatoms. The number of carbonyl (C=O) groups excluding carboxylic acids is 3. The van der Waals surface area contributed by atoms with Gasteiger partial charge in [0.25, 0.3) is 11.8 Å². The van der Waals surface area contributed by atoms with Crippen LogP contribution < -0.4 is 29.7 Å². The Morgan fingerprint density at radius 3 is 2.64 bits per heavy atom. The van der Waals surface area contributed by atoms with Gasteiger partial charge in [0.05, 0.1) is 16.9 Å². The monoisotopic (exact) mass is 487 g/mol. The summed E-state index contributed by atoms with van der Waals surface area (Å²) in [6, 6.07) is 19.5. The predicted molar refractivity (Wildman–Crippen MR) is 132 cm³/mol. The number of carbonyl (C=O) groups is 3. The third kappa shape index (κ3) is 4.81. The van der Waals surface area contributed by atoms with E-state index < -0.39 is 6.10 Å². The van der Waals surface area contributed by atoms with Gasteiger partial charge in [0.15, 0.2) is 17.6 Å². The van der Waals surface area contributed by atoms with Crippen LogP contribution in [0.25, 0.3) is 0 Å². The van der Waals surface area contributed by atoms with Crippen LogP contribution in [0.1, 0.15) is 29.3 Å². The molecule has 36 heavy (non-hydrogen) atoms. The summed E-state index contributed by atoms with van der Waals surface area (Å²) in [5.74, 6) is 1.09. The molecule has 0 saturated heterocycles. The summed E-state index contributed by atoms with van der Waals surface area (Å²) in [6.07, 6.45) is -0.572. The second kappa shape index (κ2) is 9.99. The number of benzene rings is 3. The molecular weight excluding hydrogens is 462 g/mol. The zero-order chi connectivity index (χ0) is 25.1. The van der Waals surface area contributed by atoms with E-state index in [4.69, 9.17) is 14.2 Å². The van der Waals surface area contributed by atoms with E-state index in [1.165, 1.54) is 0 Å². The first-order valence-electron chi connectivity index (χ1n) is 11.6. The molecule has 0 aromatic heterocycles. The van der Waals surface area contributed by atoms with Crippen molar-refractivity contribution < 1.29 is 28.6 Å². The molecule has 184 valence electrons. The molecule has 9 nitrogen and oxygen atoms in total. The maximum Gasteiger partial charge on any atom is 0.267 e. The van der Waals surface area contributed by atoms with Crippen molar-refractivity contribution in [2.75, 3.05) is 23.6 Å². The quantitative estimate of drug-likeness (QED) is 0.529. The van der Waals surface area contributed by atoms with Gasteiger partial charge in [-0.3, -0.25) is 14.4 Å². The Labute approximate surface area is 208 Å². The number of anilines is 2. The zero-order valence-electron chi connectivity index (χ0n) is 19.7. The number of nitrogens with one attached hydrogen (secondary N) is 2. The standard InChI is InChI=1S/C27H25N3O6/c1-17-27(33)30(21-8-4-5-9-22(21)36-17)13-12-25(31)29-20-7-3-2-6-19(20)26(32)28-15-18-10-11-23-24(14-18)35-16-34-23/h2-11,14,17H,12-13,15-16H2,1H3,(H,28,32)(H,29,31). The van der Waals surface area contributed by atoms with Crippen LogP contribution in [0.2, 0.25) is 0 Å². The average Bonchev–Trinajstić information content (AvgIpc) is 3.36. The zero-order valence-corrected chi connectivity index (χ0v) is 19.7. The first-order valence-corrected chi connectivity index (χ1v) is 11.6. The van der Waals surface area contributed by atoms with Crippen LogP contribution in [0.3, 0.4) is 0 Å². The summed E-state index contributed by atoms with van der Waals surface area (Å²) in [6.45, 7) is 2.34. The van der Waals surface area contributed by atoms with E-state index in [-0.39, 0.29) is 44.0 Å². The maximum atomic E-state index is 12.9. The van der Waals surface area contributed by atoms with E-state index in [2.05, 4.69) is 10.6 Å². The third-order valence-electron chi connectivity index (χ3n) is 5.97. The molecule has 0 aliphatic carbocycles. The van der Waals surface area contributed by atoms with E-state index >= 15 is 0 Å². The fourth-order valence-electron chi connectivity index (χ4n) is 4.13. The maximum absolute atomic E-state index is 12.9. The molecule has 0 bridgehead atoms. The smallest absolute Gasteiger partial charge is 0.267 e. The predicted octanol–water partition coefficient (Wildman–Crippen LogP) is 3.49. The second-order valence-electron chi connectivity index (χ2n) is 8.43. The van der Waals surface area contributed by atoms with E-state index in [1.807, 2.05) is 24.3 Å². The topological polar surface area (TPSA) is 106 Å². The van der Waals surface area contributed by atoms with Gasteiger partial charge in [-0.15, -0.1) is 0 Å². The summed E-state index contributed by atoms with van der Waals surface area (Å²) >= 11 is 0. The lowest BCUT2D eigenvalue weighted by Gasteiger charge is -2.32. The number of para-hydroxylation sites is 3. The van der Waals surface area contributed by atoms with Crippen LogP contribution in [-0.4, -0.2) is 37.2 Å². The van der Waals surface area contributed by atoms with Gasteiger partial charge >= 0.3 is 0 Å². The Hall–Kier alpha value is -4.53. The van der Waals surface area contributed by atoms with Crippen molar-refractivity contribution in [3.8, 4) is 17.2 Å². The summed E-state index contributed by atoms with van der Waals surface area (Å²) in [5, 5.41) is 5.68. The molecule has 1 atom stereocenters.